The van der Waals surface area contributed by atoms with E-state index in [1.54, 1.807) is 12.5 Å². The van der Waals surface area contributed by atoms with Crippen LogP contribution in [0.25, 0.3) is 21.7 Å². The van der Waals surface area contributed by atoms with Gasteiger partial charge in [0, 0.05) is 17.5 Å². The van der Waals surface area contributed by atoms with Gasteiger partial charge in [0.15, 0.2) is 0 Å². The number of benzene rings is 2. The molecule has 0 spiro atoms. The van der Waals surface area contributed by atoms with Gasteiger partial charge in [-0.05, 0) is 54.9 Å². The van der Waals surface area contributed by atoms with Gasteiger partial charge in [-0.25, -0.2) is 0 Å². The van der Waals surface area contributed by atoms with Crippen molar-refractivity contribution in [1.82, 2.24) is 10.2 Å². The van der Waals surface area contributed by atoms with Gasteiger partial charge in [-0.2, -0.15) is 0 Å². The molecule has 1 atom stereocenters. The fourth-order valence-corrected chi connectivity index (χ4v) is 4.57. The van der Waals surface area contributed by atoms with Gasteiger partial charge in [0.1, 0.15) is 11.3 Å². The van der Waals surface area contributed by atoms with Crippen LogP contribution in [0.3, 0.4) is 0 Å². The van der Waals surface area contributed by atoms with Crippen molar-refractivity contribution in [2.45, 2.75) is 31.7 Å². The Morgan fingerprint density at radius 3 is 2.70 bits per heavy atom. The van der Waals surface area contributed by atoms with Crippen molar-refractivity contribution in [3.63, 3.8) is 0 Å². The molecular formula is C25H26N2O3. The molecule has 1 fully saturated rings. The van der Waals surface area contributed by atoms with E-state index in [-0.39, 0.29) is 11.9 Å². The van der Waals surface area contributed by atoms with E-state index in [0.29, 0.717) is 13.0 Å². The van der Waals surface area contributed by atoms with Crippen LogP contribution in [0.5, 0.6) is 0 Å². The van der Waals surface area contributed by atoms with Crippen LogP contribution in [0.2, 0.25) is 0 Å². The first-order valence-electron chi connectivity index (χ1n) is 10.7. The minimum Gasteiger partial charge on any atom is -0.468 e. The number of hydrogen-bond donors (Lipinski definition) is 1. The Balaban J connectivity index is 1.32. The number of piperidine rings is 1. The summed E-state index contributed by atoms with van der Waals surface area (Å²) < 4.78 is 11.4. The fraction of sp³-hybridized carbons (Fsp3) is 0.320. The summed E-state index contributed by atoms with van der Waals surface area (Å²) in [6, 6.07) is 16.2. The van der Waals surface area contributed by atoms with Crippen LogP contribution in [-0.2, 0) is 11.2 Å². The van der Waals surface area contributed by atoms with Crippen LogP contribution in [-0.4, -0.2) is 30.4 Å². The Bertz CT molecular complexity index is 1140. The van der Waals surface area contributed by atoms with Crippen LogP contribution >= 0.6 is 0 Å². The van der Waals surface area contributed by atoms with Gasteiger partial charge in [0.2, 0.25) is 5.91 Å². The van der Waals surface area contributed by atoms with Crippen LogP contribution in [0.4, 0.5) is 0 Å². The molecule has 1 N–H and O–H groups in total. The van der Waals surface area contributed by atoms with Crippen LogP contribution < -0.4 is 5.32 Å². The molecule has 1 amide bonds. The number of fused-ring (bicyclic) bond motifs is 3. The molecule has 5 rings (SSSR count). The van der Waals surface area contributed by atoms with Gasteiger partial charge in [-0.15, -0.1) is 0 Å². The van der Waals surface area contributed by atoms with Crippen molar-refractivity contribution >= 4 is 27.6 Å². The normalized spacial score (nSPS) is 16.1. The van der Waals surface area contributed by atoms with E-state index in [1.807, 2.05) is 30.3 Å². The molecule has 3 heterocycles. The molecule has 154 valence electrons. The van der Waals surface area contributed by atoms with Crippen LogP contribution in [0.15, 0.2) is 69.9 Å². The third-order valence-corrected chi connectivity index (χ3v) is 6.09. The van der Waals surface area contributed by atoms with Gasteiger partial charge < -0.3 is 14.2 Å². The third-order valence-electron chi connectivity index (χ3n) is 6.09. The fourth-order valence-electron chi connectivity index (χ4n) is 4.57. The van der Waals surface area contributed by atoms with Gasteiger partial charge in [-0.3, -0.25) is 9.69 Å². The number of furan rings is 2. The molecule has 2 aromatic heterocycles. The van der Waals surface area contributed by atoms with E-state index in [0.717, 1.165) is 46.2 Å². The van der Waals surface area contributed by atoms with E-state index in [1.165, 1.54) is 19.3 Å². The summed E-state index contributed by atoms with van der Waals surface area (Å²) in [6.07, 6.45) is 7.38. The summed E-state index contributed by atoms with van der Waals surface area (Å²) >= 11 is 0. The smallest absolute Gasteiger partial charge is 0.224 e. The number of nitrogens with one attached hydrogen (secondary N) is 1. The molecule has 0 aliphatic carbocycles. The molecular weight excluding hydrogens is 376 g/mol. The monoisotopic (exact) mass is 402 g/mol. The average molecular weight is 402 g/mol. The first kappa shape index (κ1) is 18.9. The highest BCUT2D eigenvalue weighted by molar-refractivity contribution is 6.08. The summed E-state index contributed by atoms with van der Waals surface area (Å²) in [4.78, 5) is 15.3. The zero-order valence-electron chi connectivity index (χ0n) is 17.0. The molecule has 0 bridgehead atoms. The lowest BCUT2D eigenvalue weighted by atomic mass is 10.0. The molecule has 2 aromatic carbocycles. The molecule has 1 aliphatic rings. The zero-order chi connectivity index (χ0) is 20.3. The van der Waals surface area contributed by atoms with Crippen molar-refractivity contribution in [2.24, 2.45) is 0 Å². The van der Waals surface area contributed by atoms with E-state index in [2.05, 4.69) is 28.4 Å². The predicted molar refractivity (Wildman–Crippen MR) is 117 cm³/mol. The molecule has 1 saturated heterocycles. The van der Waals surface area contributed by atoms with Crippen molar-refractivity contribution in [3.05, 3.63) is 72.4 Å². The third kappa shape index (κ3) is 3.73. The SMILES string of the molecule is O=C(Cc1coc2ccc3ccccc3c12)NCC(c1ccco1)N1CCCCC1. The molecule has 30 heavy (non-hydrogen) atoms. The van der Waals surface area contributed by atoms with Gasteiger partial charge >= 0.3 is 0 Å². The first-order valence-corrected chi connectivity index (χ1v) is 10.7. The highest BCUT2D eigenvalue weighted by Gasteiger charge is 2.25. The standard InChI is InChI=1S/C25H26N2O3/c28-24(26-16-21(22-9-6-14-29-22)27-12-4-1-5-13-27)15-19-17-30-23-11-10-18-7-2-3-8-20(18)25(19)23/h2-3,6-11,14,17,21H,1,4-5,12-13,15-16H2,(H,26,28). The molecule has 1 aliphatic heterocycles. The second kappa shape index (κ2) is 8.36. The van der Waals surface area contributed by atoms with Gasteiger partial charge in [0.25, 0.3) is 0 Å². The van der Waals surface area contributed by atoms with E-state index >= 15 is 0 Å². The first-order chi connectivity index (χ1) is 14.8. The molecule has 0 saturated carbocycles. The predicted octanol–water partition coefficient (Wildman–Crippen LogP) is 5.06. The lowest BCUT2D eigenvalue weighted by molar-refractivity contribution is -0.120. The molecule has 0 radical (unpaired) electrons. The van der Waals surface area contributed by atoms with Crippen molar-refractivity contribution in [2.75, 3.05) is 19.6 Å². The van der Waals surface area contributed by atoms with Crippen LogP contribution in [0, 0.1) is 0 Å². The molecule has 4 aromatic rings. The van der Waals surface area contributed by atoms with Gasteiger partial charge in [-0.1, -0.05) is 36.8 Å². The highest BCUT2D eigenvalue weighted by atomic mass is 16.3. The minimum absolute atomic E-state index is 0.000741. The van der Waals surface area contributed by atoms with Gasteiger partial charge in [0.05, 0.1) is 25.0 Å². The summed E-state index contributed by atoms with van der Waals surface area (Å²) in [5.74, 6) is 0.913. The number of likely N-dealkylation sites (tertiary alicyclic amines) is 1. The molecule has 5 nitrogen and oxygen atoms in total. The minimum atomic E-state index is -0.000741. The molecule has 5 heteroatoms. The second-order valence-electron chi connectivity index (χ2n) is 8.03. The van der Waals surface area contributed by atoms with E-state index in [4.69, 9.17) is 8.83 Å². The maximum Gasteiger partial charge on any atom is 0.224 e. The average Bonchev–Trinajstić information content (AvgIpc) is 3.45. The Morgan fingerprint density at radius 1 is 1.00 bits per heavy atom. The van der Waals surface area contributed by atoms with Crippen molar-refractivity contribution < 1.29 is 13.6 Å². The maximum absolute atomic E-state index is 12.8. The van der Waals surface area contributed by atoms with E-state index in [9.17, 15) is 4.79 Å². The second-order valence-corrected chi connectivity index (χ2v) is 8.03. The summed E-state index contributed by atoms with van der Waals surface area (Å²) in [7, 11) is 0. The number of rotatable bonds is 6. The number of nitrogens with zero attached hydrogens (tertiary/aromatic N) is 1. The number of amides is 1. The summed E-state index contributed by atoms with van der Waals surface area (Å²) in [5, 5.41) is 6.43. The Kier molecular flexibility index (Phi) is 5.28. The Labute approximate surface area is 175 Å². The van der Waals surface area contributed by atoms with Crippen molar-refractivity contribution in [1.29, 1.82) is 0 Å². The maximum atomic E-state index is 12.8. The number of carbonyl (C=O) groups excluding carboxylic acids is 1. The van der Waals surface area contributed by atoms with Crippen molar-refractivity contribution in [3.8, 4) is 0 Å². The number of hydrogen-bond acceptors (Lipinski definition) is 4. The van der Waals surface area contributed by atoms with E-state index < -0.39 is 0 Å². The number of carbonyl (C=O) groups is 1. The highest BCUT2D eigenvalue weighted by Crippen LogP contribution is 2.30. The topological polar surface area (TPSA) is 58.6 Å². The lowest BCUT2D eigenvalue weighted by Gasteiger charge is -2.33. The largest absolute Gasteiger partial charge is 0.468 e. The Hall–Kier alpha value is -3.05. The zero-order valence-corrected chi connectivity index (χ0v) is 17.0. The van der Waals surface area contributed by atoms with Crippen LogP contribution in [0.1, 0.15) is 36.6 Å². The Morgan fingerprint density at radius 2 is 1.87 bits per heavy atom. The lowest BCUT2D eigenvalue weighted by Crippen LogP contribution is -2.40. The quantitative estimate of drug-likeness (QED) is 0.489. The summed E-state index contributed by atoms with van der Waals surface area (Å²) in [5.41, 5.74) is 1.74. The molecule has 1 unspecified atom stereocenters. The summed E-state index contributed by atoms with van der Waals surface area (Å²) in [6.45, 7) is 2.63.